The molecule has 0 spiro atoms. The predicted octanol–water partition coefficient (Wildman–Crippen LogP) is 4.57. The van der Waals surface area contributed by atoms with Gasteiger partial charge in [-0.25, -0.2) is 19.9 Å². The molecule has 0 amide bonds. The zero-order chi connectivity index (χ0) is 22.9. The van der Waals surface area contributed by atoms with Crippen LogP contribution in [0.3, 0.4) is 0 Å². The van der Waals surface area contributed by atoms with E-state index >= 15 is 0 Å². The molecule has 168 valence electrons. The van der Waals surface area contributed by atoms with E-state index in [0.29, 0.717) is 0 Å². The number of hydrogen-bond acceptors (Lipinski definition) is 6. The van der Waals surface area contributed by atoms with Crippen molar-refractivity contribution in [3.05, 3.63) is 82.4 Å². The maximum Gasteiger partial charge on any atom is 0.150 e. The number of nitrogens with zero attached hydrogens (tertiary/aromatic N) is 6. The highest BCUT2D eigenvalue weighted by Gasteiger charge is 2.24. The molecule has 1 aliphatic heterocycles. The van der Waals surface area contributed by atoms with Crippen molar-refractivity contribution in [3.63, 3.8) is 0 Å². The molecule has 0 N–H and O–H groups in total. The van der Waals surface area contributed by atoms with Crippen LogP contribution in [-0.4, -0.2) is 46.1 Å². The first kappa shape index (κ1) is 21.3. The third-order valence-electron chi connectivity index (χ3n) is 6.40. The van der Waals surface area contributed by atoms with Crippen molar-refractivity contribution in [3.8, 4) is 0 Å². The SMILES string of the molecule is Cc1ccc(Cc2c(C)nc(C)nc2N2CCN(c3nc4ccccc4nc3C)CC2)cc1. The molecule has 0 bridgehead atoms. The summed E-state index contributed by atoms with van der Waals surface area (Å²) in [6.07, 6.45) is 0.844. The maximum absolute atomic E-state index is 4.92. The standard InChI is InChI=1S/C27H30N6/c1-18-9-11-22(12-10-18)17-23-19(2)28-21(4)30-27(23)33-15-13-32(14-16-33)26-20(3)29-24-7-5-6-8-25(24)31-26/h5-12H,13-17H2,1-4H3. The van der Waals surface area contributed by atoms with Crippen LogP contribution in [0, 0.1) is 27.7 Å². The summed E-state index contributed by atoms with van der Waals surface area (Å²) in [4.78, 5) is 24.0. The molecule has 0 radical (unpaired) electrons. The molecule has 1 saturated heterocycles. The number of anilines is 2. The van der Waals surface area contributed by atoms with E-state index in [1.54, 1.807) is 0 Å². The van der Waals surface area contributed by atoms with E-state index < -0.39 is 0 Å². The number of fused-ring (bicyclic) bond motifs is 1. The number of aromatic nitrogens is 4. The highest BCUT2D eigenvalue weighted by Crippen LogP contribution is 2.27. The van der Waals surface area contributed by atoms with Crippen LogP contribution in [0.15, 0.2) is 48.5 Å². The molecule has 4 aromatic rings. The van der Waals surface area contributed by atoms with Gasteiger partial charge in [0.1, 0.15) is 11.6 Å². The quantitative estimate of drug-likeness (QED) is 0.465. The minimum atomic E-state index is 0.828. The van der Waals surface area contributed by atoms with Gasteiger partial charge in [0.05, 0.1) is 16.7 Å². The fraction of sp³-hybridized carbons (Fsp3) is 0.333. The van der Waals surface area contributed by atoms with Gasteiger partial charge in [0.15, 0.2) is 5.82 Å². The van der Waals surface area contributed by atoms with Gasteiger partial charge in [0.2, 0.25) is 0 Å². The van der Waals surface area contributed by atoms with Crippen LogP contribution in [0.2, 0.25) is 0 Å². The minimum Gasteiger partial charge on any atom is -0.353 e. The summed E-state index contributed by atoms with van der Waals surface area (Å²) >= 11 is 0. The second-order valence-corrected chi connectivity index (χ2v) is 8.92. The molecule has 1 aliphatic rings. The first-order valence-corrected chi connectivity index (χ1v) is 11.6. The Morgan fingerprint density at radius 3 is 1.91 bits per heavy atom. The highest BCUT2D eigenvalue weighted by atomic mass is 15.3. The monoisotopic (exact) mass is 438 g/mol. The van der Waals surface area contributed by atoms with Crippen molar-refractivity contribution < 1.29 is 0 Å². The number of hydrogen-bond donors (Lipinski definition) is 0. The maximum atomic E-state index is 4.92. The minimum absolute atomic E-state index is 0.828. The van der Waals surface area contributed by atoms with Gasteiger partial charge in [-0.3, -0.25) is 0 Å². The largest absolute Gasteiger partial charge is 0.353 e. The lowest BCUT2D eigenvalue weighted by molar-refractivity contribution is 0.635. The molecule has 6 nitrogen and oxygen atoms in total. The Morgan fingerprint density at radius 1 is 0.636 bits per heavy atom. The Labute approximate surface area is 195 Å². The number of piperazine rings is 1. The topological polar surface area (TPSA) is 58.0 Å². The van der Waals surface area contributed by atoms with Gasteiger partial charge < -0.3 is 9.80 Å². The Balaban J connectivity index is 1.39. The average molecular weight is 439 g/mol. The van der Waals surface area contributed by atoms with E-state index in [-0.39, 0.29) is 0 Å². The van der Waals surface area contributed by atoms with Crippen molar-refractivity contribution in [2.45, 2.75) is 34.1 Å². The molecule has 0 saturated carbocycles. The summed E-state index contributed by atoms with van der Waals surface area (Å²) < 4.78 is 0. The summed E-state index contributed by atoms with van der Waals surface area (Å²) in [5.41, 5.74) is 7.73. The van der Waals surface area contributed by atoms with E-state index in [4.69, 9.17) is 15.0 Å². The van der Waals surface area contributed by atoms with Crippen LogP contribution in [0.4, 0.5) is 11.6 Å². The zero-order valence-electron chi connectivity index (χ0n) is 19.8. The van der Waals surface area contributed by atoms with E-state index in [1.807, 2.05) is 31.2 Å². The Bertz CT molecular complexity index is 1290. The number of benzene rings is 2. The summed E-state index contributed by atoms with van der Waals surface area (Å²) in [6, 6.07) is 16.8. The van der Waals surface area contributed by atoms with E-state index in [2.05, 4.69) is 59.8 Å². The van der Waals surface area contributed by atoms with Gasteiger partial charge in [0.25, 0.3) is 0 Å². The number of rotatable bonds is 4. The molecular formula is C27H30N6. The van der Waals surface area contributed by atoms with Crippen molar-refractivity contribution in [1.29, 1.82) is 0 Å². The Morgan fingerprint density at radius 2 is 1.24 bits per heavy atom. The van der Waals surface area contributed by atoms with Crippen LogP contribution < -0.4 is 9.80 Å². The molecule has 1 fully saturated rings. The van der Waals surface area contributed by atoms with Crippen molar-refractivity contribution in [1.82, 2.24) is 19.9 Å². The smallest absolute Gasteiger partial charge is 0.150 e. The zero-order valence-corrected chi connectivity index (χ0v) is 19.8. The Hall–Kier alpha value is -3.54. The lowest BCUT2D eigenvalue weighted by Crippen LogP contribution is -2.47. The first-order valence-electron chi connectivity index (χ1n) is 11.6. The first-order chi connectivity index (χ1) is 16.0. The second-order valence-electron chi connectivity index (χ2n) is 8.92. The van der Waals surface area contributed by atoms with Gasteiger partial charge >= 0.3 is 0 Å². The summed E-state index contributed by atoms with van der Waals surface area (Å²) in [5.74, 6) is 2.89. The Kier molecular flexibility index (Phi) is 5.67. The molecule has 0 aliphatic carbocycles. The summed E-state index contributed by atoms with van der Waals surface area (Å²) in [7, 11) is 0. The lowest BCUT2D eigenvalue weighted by atomic mass is 10.0. The molecule has 2 aromatic carbocycles. The van der Waals surface area contributed by atoms with Gasteiger partial charge in [-0.05, 0) is 45.4 Å². The normalized spacial score (nSPS) is 14.2. The fourth-order valence-corrected chi connectivity index (χ4v) is 4.60. The molecule has 33 heavy (non-hydrogen) atoms. The summed E-state index contributed by atoms with van der Waals surface area (Å²) in [6.45, 7) is 11.8. The van der Waals surface area contributed by atoms with E-state index in [0.717, 1.165) is 72.5 Å². The third-order valence-corrected chi connectivity index (χ3v) is 6.40. The molecule has 3 heterocycles. The van der Waals surface area contributed by atoms with Crippen molar-refractivity contribution >= 4 is 22.7 Å². The molecule has 6 heteroatoms. The highest BCUT2D eigenvalue weighted by molar-refractivity contribution is 5.76. The molecule has 0 atom stereocenters. The lowest BCUT2D eigenvalue weighted by Gasteiger charge is -2.37. The average Bonchev–Trinajstić information content (AvgIpc) is 2.81. The van der Waals surface area contributed by atoms with E-state index in [9.17, 15) is 0 Å². The van der Waals surface area contributed by atoms with Crippen LogP contribution in [-0.2, 0) is 6.42 Å². The molecule has 5 rings (SSSR count). The van der Waals surface area contributed by atoms with Crippen molar-refractivity contribution in [2.24, 2.45) is 0 Å². The van der Waals surface area contributed by atoms with Gasteiger partial charge in [0, 0.05) is 43.9 Å². The molecule has 2 aromatic heterocycles. The molecular weight excluding hydrogens is 408 g/mol. The number of para-hydroxylation sites is 2. The fourth-order valence-electron chi connectivity index (χ4n) is 4.60. The van der Waals surface area contributed by atoms with Crippen LogP contribution in [0.1, 0.15) is 33.9 Å². The van der Waals surface area contributed by atoms with E-state index in [1.165, 1.54) is 16.7 Å². The van der Waals surface area contributed by atoms with Gasteiger partial charge in [-0.1, -0.05) is 42.0 Å². The molecule has 0 unspecified atom stereocenters. The second kappa shape index (κ2) is 8.77. The van der Waals surface area contributed by atoms with Gasteiger partial charge in [-0.15, -0.1) is 0 Å². The van der Waals surface area contributed by atoms with Gasteiger partial charge in [-0.2, -0.15) is 0 Å². The van der Waals surface area contributed by atoms with Crippen LogP contribution >= 0.6 is 0 Å². The summed E-state index contributed by atoms with van der Waals surface area (Å²) in [5, 5.41) is 0. The predicted molar refractivity (Wildman–Crippen MR) is 134 cm³/mol. The third kappa shape index (κ3) is 4.38. The number of aryl methyl sites for hydroxylation is 4. The van der Waals surface area contributed by atoms with Crippen LogP contribution in [0.5, 0.6) is 0 Å². The van der Waals surface area contributed by atoms with Crippen molar-refractivity contribution in [2.75, 3.05) is 36.0 Å². The van der Waals surface area contributed by atoms with Crippen LogP contribution in [0.25, 0.3) is 11.0 Å².